The highest BCUT2D eigenvalue weighted by molar-refractivity contribution is 5.55. The van der Waals surface area contributed by atoms with E-state index in [1.165, 1.54) is 16.8 Å². The van der Waals surface area contributed by atoms with Crippen molar-refractivity contribution in [1.29, 1.82) is 0 Å². The fourth-order valence-corrected chi connectivity index (χ4v) is 2.68. The SMILES string of the molecule is CNCC1CN(c2cc(C)ccc2C)CCN1C. The van der Waals surface area contributed by atoms with Crippen molar-refractivity contribution in [1.82, 2.24) is 10.2 Å². The fraction of sp³-hybridized carbons (Fsp3) is 0.600. The Morgan fingerprint density at radius 2 is 2.06 bits per heavy atom. The Morgan fingerprint density at radius 3 is 2.78 bits per heavy atom. The molecule has 0 saturated carbocycles. The first-order valence-corrected chi connectivity index (χ1v) is 6.79. The maximum atomic E-state index is 3.30. The van der Waals surface area contributed by atoms with Crippen LogP contribution < -0.4 is 10.2 Å². The summed E-state index contributed by atoms with van der Waals surface area (Å²) in [6.07, 6.45) is 0. The molecule has 100 valence electrons. The molecule has 1 aliphatic rings. The molecule has 2 rings (SSSR count). The molecule has 0 radical (unpaired) electrons. The Morgan fingerprint density at radius 1 is 1.28 bits per heavy atom. The first-order chi connectivity index (χ1) is 8.61. The van der Waals surface area contributed by atoms with Crippen molar-refractivity contribution >= 4 is 5.69 Å². The molecular weight excluding hydrogens is 222 g/mol. The van der Waals surface area contributed by atoms with E-state index in [1.807, 2.05) is 7.05 Å². The molecule has 0 aromatic heterocycles. The monoisotopic (exact) mass is 247 g/mol. The molecule has 1 saturated heterocycles. The van der Waals surface area contributed by atoms with Gasteiger partial charge in [-0.15, -0.1) is 0 Å². The summed E-state index contributed by atoms with van der Waals surface area (Å²) in [5, 5.41) is 3.30. The van der Waals surface area contributed by atoms with Crippen molar-refractivity contribution in [3.8, 4) is 0 Å². The maximum absolute atomic E-state index is 3.30. The van der Waals surface area contributed by atoms with Crippen LogP contribution in [0.15, 0.2) is 18.2 Å². The number of hydrogen-bond donors (Lipinski definition) is 1. The van der Waals surface area contributed by atoms with E-state index >= 15 is 0 Å². The van der Waals surface area contributed by atoms with Gasteiger partial charge in [0.05, 0.1) is 0 Å². The van der Waals surface area contributed by atoms with E-state index in [4.69, 9.17) is 0 Å². The zero-order valence-corrected chi connectivity index (χ0v) is 12.0. The van der Waals surface area contributed by atoms with Crippen LogP contribution in [0.3, 0.4) is 0 Å². The van der Waals surface area contributed by atoms with Gasteiger partial charge in [0.2, 0.25) is 0 Å². The maximum Gasteiger partial charge on any atom is 0.0399 e. The largest absolute Gasteiger partial charge is 0.368 e. The van der Waals surface area contributed by atoms with Crippen molar-refractivity contribution in [3.05, 3.63) is 29.3 Å². The third kappa shape index (κ3) is 2.85. The van der Waals surface area contributed by atoms with Crippen LogP contribution in [0.2, 0.25) is 0 Å². The Bertz CT molecular complexity index is 403. The van der Waals surface area contributed by atoms with Gasteiger partial charge in [0, 0.05) is 37.9 Å². The number of nitrogens with one attached hydrogen (secondary N) is 1. The average molecular weight is 247 g/mol. The summed E-state index contributed by atoms with van der Waals surface area (Å²) in [5.41, 5.74) is 4.14. The summed E-state index contributed by atoms with van der Waals surface area (Å²) in [6, 6.07) is 7.34. The zero-order valence-electron chi connectivity index (χ0n) is 12.0. The lowest BCUT2D eigenvalue weighted by Gasteiger charge is -2.41. The van der Waals surface area contributed by atoms with Crippen LogP contribution in [0.5, 0.6) is 0 Å². The van der Waals surface area contributed by atoms with Crippen LogP contribution in [0.4, 0.5) is 5.69 Å². The molecule has 1 unspecified atom stereocenters. The number of anilines is 1. The summed E-state index contributed by atoms with van der Waals surface area (Å²) < 4.78 is 0. The lowest BCUT2D eigenvalue weighted by atomic mass is 10.1. The van der Waals surface area contributed by atoms with Gasteiger partial charge in [0.1, 0.15) is 0 Å². The Labute approximate surface area is 111 Å². The van der Waals surface area contributed by atoms with Gasteiger partial charge in [-0.3, -0.25) is 4.90 Å². The highest BCUT2D eigenvalue weighted by Gasteiger charge is 2.24. The van der Waals surface area contributed by atoms with Crippen molar-refractivity contribution in [2.24, 2.45) is 0 Å². The standard InChI is InChI=1S/C15H25N3/c1-12-5-6-13(2)15(9-12)18-8-7-17(4)14(11-18)10-16-3/h5-6,9,14,16H,7-8,10-11H2,1-4H3. The van der Waals surface area contributed by atoms with Crippen molar-refractivity contribution in [2.75, 3.05) is 45.2 Å². The van der Waals surface area contributed by atoms with E-state index in [9.17, 15) is 0 Å². The van der Waals surface area contributed by atoms with Gasteiger partial charge >= 0.3 is 0 Å². The van der Waals surface area contributed by atoms with Crippen molar-refractivity contribution < 1.29 is 0 Å². The number of rotatable bonds is 3. The zero-order chi connectivity index (χ0) is 13.1. The summed E-state index contributed by atoms with van der Waals surface area (Å²) in [6.45, 7) is 8.81. The molecule has 1 aromatic carbocycles. The first kappa shape index (κ1) is 13.4. The van der Waals surface area contributed by atoms with Gasteiger partial charge in [-0.2, -0.15) is 0 Å². The Hall–Kier alpha value is -1.06. The quantitative estimate of drug-likeness (QED) is 0.876. The number of piperazine rings is 1. The summed E-state index contributed by atoms with van der Waals surface area (Å²) >= 11 is 0. The minimum atomic E-state index is 0.601. The van der Waals surface area contributed by atoms with Gasteiger partial charge in [-0.25, -0.2) is 0 Å². The lowest BCUT2D eigenvalue weighted by Crippen LogP contribution is -2.55. The van der Waals surface area contributed by atoms with Gasteiger partial charge < -0.3 is 10.2 Å². The van der Waals surface area contributed by atoms with Crippen LogP contribution in [0, 0.1) is 13.8 Å². The third-order valence-corrected chi connectivity index (χ3v) is 3.92. The first-order valence-electron chi connectivity index (χ1n) is 6.79. The molecule has 0 aliphatic carbocycles. The molecule has 0 spiro atoms. The molecule has 1 N–H and O–H groups in total. The molecule has 3 heteroatoms. The molecule has 1 heterocycles. The highest BCUT2D eigenvalue weighted by Crippen LogP contribution is 2.23. The average Bonchev–Trinajstić information content (AvgIpc) is 2.35. The van der Waals surface area contributed by atoms with Gasteiger partial charge in [-0.05, 0) is 45.1 Å². The number of nitrogens with zero attached hydrogens (tertiary/aromatic N) is 2. The predicted octanol–water partition coefficient (Wildman–Crippen LogP) is 1.64. The van der Waals surface area contributed by atoms with Crippen molar-refractivity contribution in [2.45, 2.75) is 19.9 Å². The van der Waals surface area contributed by atoms with E-state index in [1.54, 1.807) is 0 Å². The van der Waals surface area contributed by atoms with E-state index < -0.39 is 0 Å². The molecule has 0 bridgehead atoms. The third-order valence-electron chi connectivity index (χ3n) is 3.92. The summed E-state index contributed by atoms with van der Waals surface area (Å²) in [4.78, 5) is 4.99. The molecule has 3 nitrogen and oxygen atoms in total. The van der Waals surface area contributed by atoms with Crippen LogP contribution in [-0.2, 0) is 0 Å². The van der Waals surface area contributed by atoms with E-state index in [-0.39, 0.29) is 0 Å². The normalized spacial score (nSPS) is 21.3. The number of aryl methyl sites for hydroxylation is 2. The second-order valence-corrected chi connectivity index (χ2v) is 5.43. The highest BCUT2D eigenvalue weighted by atomic mass is 15.3. The topological polar surface area (TPSA) is 18.5 Å². The predicted molar refractivity (Wildman–Crippen MR) is 78.5 cm³/mol. The lowest BCUT2D eigenvalue weighted by molar-refractivity contribution is 0.216. The molecule has 18 heavy (non-hydrogen) atoms. The minimum Gasteiger partial charge on any atom is -0.368 e. The number of likely N-dealkylation sites (N-methyl/N-ethyl adjacent to an activating group) is 2. The van der Waals surface area contributed by atoms with E-state index in [0.717, 1.165) is 26.2 Å². The molecule has 0 amide bonds. The Kier molecular flexibility index (Phi) is 4.25. The summed E-state index contributed by atoms with van der Waals surface area (Å²) in [7, 11) is 4.26. The van der Waals surface area contributed by atoms with Crippen LogP contribution in [0.1, 0.15) is 11.1 Å². The number of benzene rings is 1. The number of hydrogen-bond acceptors (Lipinski definition) is 3. The van der Waals surface area contributed by atoms with E-state index in [2.05, 4.69) is 54.2 Å². The van der Waals surface area contributed by atoms with Crippen LogP contribution in [0.25, 0.3) is 0 Å². The summed E-state index contributed by atoms with van der Waals surface area (Å²) in [5.74, 6) is 0. The molecule has 1 atom stereocenters. The van der Waals surface area contributed by atoms with Crippen molar-refractivity contribution in [3.63, 3.8) is 0 Å². The van der Waals surface area contributed by atoms with E-state index in [0.29, 0.717) is 6.04 Å². The Balaban J connectivity index is 2.16. The van der Waals surface area contributed by atoms with Gasteiger partial charge in [0.25, 0.3) is 0 Å². The fourth-order valence-electron chi connectivity index (χ4n) is 2.68. The smallest absolute Gasteiger partial charge is 0.0399 e. The molecule has 1 aromatic rings. The molecule has 1 aliphatic heterocycles. The van der Waals surface area contributed by atoms with Gasteiger partial charge in [0.15, 0.2) is 0 Å². The van der Waals surface area contributed by atoms with Crippen LogP contribution >= 0.6 is 0 Å². The minimum absolute atomic E-state index is 0.601. The van der Waals surface area contributed by atoms with Crippen LogP contribution in [-0.4, -0.2) is 51.2 Å². The second-order valence-electron chi connectivity index (χ2n) is 5.43. The molecular formula is C15H25N3. The molecule has 1 fully saturated rings. The second kappa shape index (κ2) is 5.72. The van der Waals surface area contributed by atoms with Gasteiger partial charge in [-0.1, -0.05) is 12.1 Å².